The van der Waals surface area contributed by atoms with Gasteiger partial charge in [0.1, 0.15) is 5.82 Å². The molecule has 116 valence electrons. The Morgan fingerprint density at radius 2 is 1.65 bits per heavy atom. The minimum Gasteiger partial charge on any atom is -0.376 e. The Labute approximate surface area is 134 Å². The van der Waals surface area contributed by atoms with Gasteiger partial charge in [0.25, 0.3) is 0 Å². The van der Waals surface area contributed by atoms with Crippen molar-refractivity contribution < 1.29 is 9.18 Å². The van der Waals surface area contributed by atoms with Crippen LogP contribution in [0.3, 0.4) is 0 Å². The molecule has 0 atom stereocenters. The van der Waals surface area contributed by atoms with E-state index in [4.69, 9.17) is 0 Å². The summed E-state index contributed by atoms with van der Waals surface area (Å²) in [6.07, 6.45) is 0. The molecule has 23 heavy (non-hydrogen) atoms. The van der Waals surface area contributed by atoms with Crippen molar-refractivity contribution in [1.82, 2.24) is 5.32 Å². The van der Waals surface area contributed by atoms with Crippen molar-refractivity contribution in [2.24, 2.45) is 0 Å². The zero-order valence-corrected chi connectivity index (χ0v) is 12.6. The monoisotopic (exact) mass is 308 g/mol. The first-order chi connectivity index (χ1) is 11.2. The summed E-state index contributed by atoms with van der Waals surface area (Å²) in [4.78, 5) is 11.9. The van der Waals surface area contributed by atoms with Crippen LogP contribution < -0.4 is 10.6 Å². The van der Waals surface area contributed by atoms with Crippen molar-refractivity contribution in [3.05, 3.63) is 78.1 Å². The van der Waals surface area contributed by atoms with Crippen molar-refractivity contribution in [3.63, 3.8) is 0 Å². The Balaban J connectivity index is 1.57. The topological polar surface area (TPSA) is 41.1 Å². The van der Waals surface area contributed by atoms with Crippen LogP contribution in [-0.2, 0) is 11.3 Å². The zero-order valence-electron chi connectivity index (χ0n) is 12.6. The average Bonchev–Trinajstić information content (AvgIpc) is 2.59. The number of hydrogen-bond acceptors (Lipinski definition) is 2. The Bertz CT molecular complexity index is 810. The molecule has 0 bridgehead atoms. The fourth-order valence-corrected chi connectivity index (χ4v) is 2.42. The summed E-state index contributed by atoms with van der Waals surface area (Å²) in [7, 11) is 0. The molecule has 0 aliphatic rings. The van der Waals surface area contributed by atoms with E-state index in [2.05, 4.69) is 10.6 Å². The predicted octanol–water partition coefficient (Wildman–Crippen LogP) is 3.71. The van der Waals surface area contributed by atoms with Crippen LogP contribution in [0.5, 0.6) is 0 Å². The highest BCUT2D eigenvalue weighted by atomic mass is 19.1. The molecule has 0 spiro atoms. The maximum absolute atomic E-state index is 12.8. The van der Waals surface area contributed by atoms with Gasteiger partial charge in [0, 0.05) is 17.6 Å². The molecule has 3 aromatic carbocycles. The SMILES string of the molecule is O=C(CNc1cccc2ccccc12)NCc1ccc(F)cc1. The van der Waals surface area contributed by atoms with Gasteiger partial charge in [-0.3, -0.25) is 4.79 Å². The number of rotatable bonds is 5. The third kappa shape index (κ3) is 3.86. The lowest BCUT2D eigenvalue weighted by molar-refractivity contribution is -0.119. The molecule has 0 aliphatic heterocycles. The maximum atomic E-state index is 12.8. The molecule has 0 saturated heterocycles. The Kier molecular flexibility index (Phi) is 4.52. The zero-order chi connectivity index (χ0) is 16.1. The van der Waals surface area contributed by atoms with E-state index in [0.29, 0.717) is 6.54 Å². The van der Waals surface area contributed by atoms with Gasteiger partial charge < -0.3 is 10.6 Å². The highest BCUT2D eigenvalue weighted by Gasteiger charge is 2.04. The molecule has 3 aromatic rings. The van der Waals surface area contributed by atoms with E-state index in [0.717, 1.165) is 22.0 Å². The van der Waals surface area contributed by atoms with Crippen LogP contribution >= 0.6 is 0 Å². The van der Waals surface area contributed by atoms with Crippen LogP contribution in [0.1, 0.15) is 5.56 Å². The third-order valence-electron chi connectivity index (χ3n) is 3.63. The van der Waals surface area contributed by atoms with E-state index in [9.17, 15) is 9.18 Å². The van der Waals surface area contributed by atoms with Gasteiger partial charge in [0.15, 0.2) is 0 Å². The molecule has 0 heterocycles. The lowest BCUT2D eigenvalue weighted by atomic mass is 10.1. The van der Waals surface area contributed by atoms with Crippen molar-refractivity contribution in [1.29, 1.82) is 0 Å². The van der Waals surface area contributed by atoms with Crippen molar-refractivity contribution in [2.75, 3.05) is 11.9 Å². The Hall–Kier alpha value is -2.88. The minimum absolute atomic E-state index is 0.109. The van der Waals surface area contributed by atoms with E-state index in [-0.39, 0.29) is 18.3 Å². The second kappa shape index (κ2) is 6.92. The molecule has 1 amide bonds. The number of carbonyl (C=O) groups excluding carboxylic acids is 1. The summed E-state index contributed by atoms with van der Waals surface area (Å²) in [5.74, 6) is -0.389. The Morgan fingerprint density at radius 3 is 2.48 bits per heavy atom. The summed E-state index contributed by atoms with van der Waals surface area (Å²) in [6, 6.07) is 20.1. The van der Waals surface area contributed by atoms with Gasteiger partial charge in [-0.1, -0.05) is 48.5 Å². The van der Waals surface area contributed by atoms with Gasteiger partial charge in [0.2, 0.25) is 5.91 Å². The molecule has 0 aromatic heterocycles. The minimum atomic E-state index is -0.280. The number of amides is 1. The summed E-state index contributed by atoms with van der Waals surface area (Å²) in [6.45, 7) is 0.575. The fourth-order valence-electron chi connectivity index (χ4n) is 2.42. The normalized spacial score (nSPS) is 10.5. The van der Waals surface area contributed by atoms with Crippen LogP contribution in [0, 0.1) is 5.82 Å². The van der Waals surface area contributed by atoms with Gasteiger partial charge >= 0.3 is 0 Å². The number of hydrogen-bond donors (Lipinski definition) is 2. The molecular formula is C19H17FN2O. The van der Waals surface area contributed by atoms with E-state index < -0.39 is 0 Å². The molecule has 0 radical (unpaired) electrons. The summed E-state index contributed by atoms with van der Waals surface area (Å²) < 4.78 is 12.8. The van der Waals surface area contributed by atoms with Gasteiger partial charge in [-0.15, -0.1) is 0 Å². The number of halogens is 1. The largest absolute Gasteiger partial charge is 0.376 e. The lowest BCUT2D eigenvalue weighted by Crippen LogP contribution is -2.29. The number of anilines is 1. The summed E-state index contributed by atoms with van der Waals surface area (Å²) >= 11 is 0. The Morgan fingerprint density at radius 1 is 0.913 bits per heavy atom. The highest BCUT2D eigenvalue weighted by molar-refractivity contribution is 5.95. The van der Waals surface area contributed by atoms with Crippen molar-refractivity contribution >= 4 is 22.4 Å². The second-order valence-corrected chi connectivity index (χ2v) is 5.28. The quantitative estimate of drug-likeness (QED) is 0.754. The van der Waals surface area contributed by atoms with E-state index >= 15 is 0 Å². The molecule has 0 saturated carbocycles. The highest BCUT2D eigenvalue weighted by Crippen LogP contribution is 2.22. The molecule has 0 fully saturated rings. The first kappa shape index (κ1) is 15.0. The average molecular weight is 308 g/mol. The summed E-state index contributed by atoms with van der Waals surface area (Å²) in [5.41, 5.74) is 1.80. The first-order valence-electron chi connectivity index (χ1n) is 7.45. The van der Waals surface area contributed by atoms with Crippen LogP contribution in [0.25, 0.3) is 10.8 Å². The molecule has 3 nitrogen and oxygen atoms in total. The number of fused-ring (bicyclic) bond motifs is 1. The number of benzene rings is 3. The first-order valence-corrected chi connectivity index (χ1v) is 7.45. The molecule has 0 aliphatic carbocycles. The fraction of sp³-hybridized carbons (Fsp3) is 0.105. The van der Waals surface area contributed by atoms with Gasteiger partial charge in [-0.25, -0.2) is 4.39 Å². The van der Waals surface area contributed by atoms with Crippen LogP contribution in [0.2, 0.25) is 0 Å². The van der Waals surface area contributed by atoms with Gasteiger partial charge in [-0.05, 0) is 29.1 Å². The van der Waals surface area contributed by atoms with Crippen LogP contribution in [0.15, 0.2) is 66.7 Å². The number of carbonyl (C=O) groups is 1. The molecule has 3 rings (SSSR count). The van der Waals surface area contributed by atoms with E-state index in [1.807, 2.05) is 42.5 Å². The van der Waals surface area contributed by atoms with Crippen molar-refractivity contribution in [2.45, 2.75) is 6.54 Å². The maximum Gasteiger partial charge on any atom is 0.239 e. The third-order valence-corrected chi connectivity index (χ3v) is 3.63. The standard InChI is InChI=1S/C19H17FN2O/c20-16-10-8-14(9-11-16)12-22-19(23)13-21-18-7-3-5-15-4-1-2-6-17(15)18/h1-11,21H,12-13H2,(H,22,23). The van der Waals surface area contributed by atoms with E-state index in [1.54, 1.807) is 12.1 Å². The van der Waals surface area contributed by atoms with Crippen LogP contribution in [0.4, 0.5) is 10.1 Å². The smallest absolute Gasteiger partial charge is 0.239 e. The van der Waals surface area contributed by atoms with Crippen molar-refractivity contribution in [3.8, 4) is 0 Å². The molecule has 4 heteroatoms. The van der Waals surface area contributed by atoms with Gasteiger partial charge in [-0.2, -0.15) is 0 Å². The second-order valence-electron chi connectivity index (χ2n) is 5.28. The lowest BCUT2D eigenvalue weighted by Gasteiger charge is -2.10. The van der Waals surface area contributed by atoms with Gasteiger partial charge in [0.05, 0.1) is 6.54 Å². The van der Waals surface area contributed by atoms with Crippen LogP contribution in [-0.4, -0.2) is 12.5 Å². The predicted molar refractivity (Wildman–Crippen MR) is 90.7 cm³/mol. The summed E-state index contributed by atoms with van der Waals surface area (Å²) in [5, 5.41) is 8.19. The molecule has 2 N–H and O–H groups in total. The number of nitrogens with one attached hydrogen (secondary N) is 2. The van der Waals surface area contributed by atoms with E-state index in [1.165, 1.54) is 12.1 Å². The molecular weight excluding hydrogens is 291 g/mol. The molecule has 0 unspecified atom stereocenters.